The Kier molecular flexibility index (Phi) is 4.32. The fourth-order valence-corrected chi connectivity index (χ4v) is 1.90. The Bertz CT molecular complexity index is 546. The molecule has 0 radical (unpaired) electrons. The van der Waals surface area contributed by atoms with Gasteiger partial charge in [0.2, 0.25) is 0 Å². The third-order valence-corrected chi connectivity index (χ3v) is 2.85. The molecule has 1 heterocycles. The summed E-state index contributed by atoms with van der Waals surface area (Å²) < 4.78 is 15.6. The lowest BCUT2D eigenvalue weighted by Crippen LogP contribution is -2.19. The standard InChI is InChI=1S/C15H20FN3/c1-11(2)7-17-9-13-4-5-15(14(16)6-13)19-10-12(3)8-18-19/h4-6,8,10-11,17H,7,9H2,1-3H3. The Morgan fingerprint density at radius 1 is 1.37 bits per heavy atom. The van der Waals surface area contributed by atoms with E-state index in [0.29, 0.717) is 18.2 Å². The van der Waals surface area contributed by atoms with Crippen LogP contribution in [0.3, 0.4) is 0 Å². The monoisotopic (exact) mass is 261 g/mol. The Hall–Kier alpha value is -1.68. The number of nitrogens with one attached hydrogen (secondary N) is 1. The molecule has 3 nitrogen and oxygen atoms in total. The van der Waals surface area contributed by atoms with Gasteiger partial charge in [0.1, 0.15) is 11.5 Å². The smallest absolute Gasteiger partial charge is 0.149 e. The van der Waals surface area contributed by atoms with Gasteiger partial charge in [-0.25, -0.2) is 9.07 Å². The van der Waals surface area contributed by atoms with Crippen LogP contribution in [0.5, 0.6) is 0 Å². The highest BCUT2D eigenvalue weighted by Gasteiger charge is 2.06. The highest BCUT2D eigenvalue weighted by molar-refractivity contribution is 5.36. The van der Waals surface area contributed by atoms with Crippen molar-refractivity contribution in [3.63, 3.8) is 0 Å². The lowest BCUT2D eigenvalue weighted by atomic mass is 10.1. The summed E-state index contributed by atoms with van der Waals surface area (Å²) in [6.45, 7) is 7.86. The second-order valence-corrected chi connectivity index (χ2v) is 5.27. The summed E-state index contributed by atoms with van der Waals surface area (Å²) in [5.74, 6) is 0.350. The van der Waals surface area contributed by atoms with Gasteiger partial charge in [-0.1, -0.05) is 19.9 Å². The molecule has 0 fully saturated rings. The second-order valence-electron chi connectivity index (χ2n) is 5.27. The maximum Gasteiger partial charge on any atom is 0.149 e. The van der Waals surface area contributed by atoms with Crippen LogP contribution in [0.2, 0.25) is 0 Å². The topological polar surface area (TPSA) is 29.9 Å². The maximum absolute atomic E-state index is 14.0. The van der Waals surface area contributed by atoms with Crippen LogP contribution in [0, 0.1) is 18.7 Å². The van der Waals surface area contributed by atoms with Crippen LogP contribution in [-0.4, -0.2) is 16.3 Å². The van der Waals surface area contributed by atoms with E-state index in [2.05, 4.69) is 24.3 Å². The van der Waals surface area contributed by atoms with Crippen LogP contribution in [0.25, 0.3) is 5.69 Å². The second kappa shape index (κ2) is 5.97. The van der Waals surface area contributed by atoms with Crippen molar-refractivity contribution in [2.45, 2.75) is 27.3 Å². The average Bonchev–Trinajstić information content (AvgIpc) is 2.75. The Labute approximate surface area is 113 Å². The largest absolute Gasteiger partial charge is 0.312 e. The minimum Gasteiger partial charge on any atom is -0.312 e. The molecule has 1 N–H and O–H groups in total. The van der Waals surface area contributed by atoms with Gasteiger partial charge in [-0.05, 0) is 42.6 Å². The fourth-order valence-electron chi connectivity index (χ4n) is 1.90. The molecule has 4 heteroatoms. The lowest BCUT2D eigenvalue weighted by molar-refractivity contribution is 0.549. The Morgan fingerprint density at radius 2 is 2.16 bits per heavy atom. The lowest BCUT2D eigenvalue weighted by Gasteiger charge is -2.09. The summed E-state index contributed by atoms with van der Waals surface area (Å²) >= 11 is 0. The Morgan fingerprint density at radius 3 is 2.74 bits per heavy atom. The third kappa shape index (κ3) is 3.64. The van der Waals surface area contributed by atoms with Crippen LogP contribution >= 0.6 is 0 Å². The van der Waals surface area contributed by atoms with E-state index in [4.69, 9.17) is 0 Å². The van der Waals surface area contributed by atoms with Crippen molar-refractivity contribution >= 4 is 0 Å². The van der Waals surface area contributed by atoms with E-state index in [0.717, 1.165) is 17.7 Å². The minimum atomic E-state index is -0.244. The molecule has 0 spiro atoms. The van der Waals surface area contributed by atoms with Gasteiger partial charge in [0.05, 0.1) is 6.20 Å². The first kappa shape index (κ1) is 13.7. The van der Waals surface area contributed by atoms with Gasteiger partial charge in [-0.3, -0.25) is 0 Å². The van der Waals surface area contributed by atoms with Crippen molar-refractivity contribution in [1.82, 2.24) is 15.1 Å². The van der Waals surface area contributed by atoms with Gasteiger partial charge >= 0.3 is 0 Å². The van der Waals surface area contributed by atoms with Gasteiger partial charge in [0.15, 0.2) is 0 Å². The van der Waals surface area contributed by atoms with Crippen LogP contribution < -0.4 is 5.32 Å². The first-order valence-corrected chi connectivity index (χ1v) is 6.57. The fraction of sp³-hybridized carbons (Fsp3) is 0.400. The van der Waals surface area contributed by atoms with Gasteiger partial charge in [0.25, 0.3) is 0 Å². The van der Waals surface area contributed by atoms with Crippen molar-refractivity contribution in [3.05, 3.63) is 47.5 Å². The molecule has 2 aromatic rings. The van der Waals surface area contributed by atoms with Crippen molar-refractivity contribution in [2.75, 3.05) is 6.54 Å². The number of hydrogen-bond donors (Lipinski definition) is 1. The molecule has 0 aliphatic rings. The normalized spacial score (nSPS) is 11.2. The van der Waals surface area contributed by atoms with E-state index in [1.165, 1.54) is 0 Å². The van der Waals surface area contributed by atoms with Gasteiger partial charge < -0.3 is 5.32 Å². The number of rotatable bonds is 5. The number of aryl methyl sites for hydroxylation is 1. The summed E-state index contributed by atoms with van der Waals surface area (Å²) in [5, 5.41) is 7.43. The molecule has 0 unspecified atom stereocenters. The maximum atomic E-state index is 14.0. The van der Waals surface area contributed by atoms with E-state index in [1.807, 2.05) is 19.2 Å². The molecule has 1 aromatic heterocycles. The third-order valence-electron chi connectivity index (χ3n) is 2.85. The van der Waals surface area contributed by atoms with Crippen LogP contribution in [0.1, 0.15) is 25.0 Å². The van der Waals surface area contributed by atoms with Gasteiger partial charge in [0, 0.05) is 12.7 Å². The number of hydrogen-bond acceptors (Lipinski definition) is 2. The van der Waals surface area contributed by atoms with Crippen LogP contribution in [0.15, 0.2) is 30.6 Å². The number of halogens is 1. The van der Waals surface area contributed by atoms with Gasteiger partial charge in [-0.2, -0.15) is 5.10 Å². The van der Waals surface area contributed by atoms with E-state index in [-0.39, 0.29) is 5.82 Å². The zero-order chi connectivity index (χ0) is 13.8. The minimum absolute atomic E-state index is 0.244. The zero-order valence-corrected chi connectivity index (χ0v) is 11.7. The van der Waals surface area contributed by atoms with Gasteiger partial charge in [-0.15, -0.1) is 0 Å². The molecule has 102 valence electrons. The molecule has 2 rings (SSSR count). The number of aromatic nitrogens is 2. The Balaban J connectivity index is 2.09. The highest BCUT2D eigenvalue weighted by atomic mass is 19.1. The first-order valence-electron chi connectivity index (χ1n) is 6.57. The van der Waals surface area contributed by atoms with Crippen molar-refractivity contribution in [3.8, 4) is 5.69 Å². The molecule has 0 amide bonds. The van der Waals surface area contributed by atoms with Crippen LogP contribution in [-0.2, 0) is 6.54 Å². The average molecular weight is 261 g/mol. The summed E-state index contributed by atoms with van der Waals surface area (Å²) in [6.07, 6.45) is 3.53. The molecule has 1 aromatic carbocycles. The molecular weight excluding hydrogens is 241 g/mol. The molecule has 19 heavy (non-hydrogen) atoms. The predicted molar refractivity (Wildman–Crippen MR) is 74.8 cm³/mol. The SMILES string of the molecule is Cc1cnn(-c2ccc(CNCC(C)C)cc2F)c1. The highest BCUT2D eigenvalue weighted by Crippen LogP contribution is 2.15. The summed E-state index contributed by atoms with van der Waals surface area (Å²) in [6, 6.07) is 5.27. The number of benzene rings is 1. The molecule has 0 saturated carbocycles. The zero-order valence-electron chi connectivity index (χ0n) is 11.7. The molecular formula is C15H20FN3. The van der Waals surface area contributed by atoms with E-state index < -0.39 is 0 Å². The molecule has 0 bridgehead atoms. The van der Waals surface area contributed by atoms with E-state index in [1.54, 1.807) is 23.0 Å². The summed E-state index contributed by atoms with van der Waals surface area (Å²) in [7, 11) is 0. The van der Waals surface area contributed by atoms with E-state index >= 15 is 0 Å². The van der Waals surface area contributed by atoms with Crippen LogP contribution in [0.4, 0.5) is 4.39 Å². The quantitative estimate of drug-likeness (QED) is 0.896. The number of nitrogens with zero attached hydrogens (tertiary/aromatic N) is 2. The summed E-state index contributed by atoms with van der Waals surface area (Å²) in [5.41, 5.74) is 2.45. The first-order chi connectivity index (χ1) is 9.06. The predicted octanol–water partition coefficient (Wildman–Crippen LogP) is 3.07. The molecule has 0 aliphatic heterocycles. The molecule has 0 aliphatic carbocycles. The molecule has 0 atom stereocenters. The van der Waals surface area contributed by atoms with Crippen molar-refractivity contribution in [1.29, 1.82) is 0 Å². The summed E-state index contributed by atoms with van der Waals surface area (Å²) in [4.78, 5) is 0. The van der Waals surface area contributed by atoms with E-state index in [9.17, 15) is 4.39 Å². The van der Waals surface area contributed by atoms with Crippen molar-refractivity contribution < 1.29 is 4.39 Å². The van der Waals surface area contributed by atoms with Crippen molar-refractivity contribution in [2.24, 2.45) is 5.92 Å². The molecule has 0 saturated heterocycles.